The average Bonchev–Trinajstić information content (AvgIpc) is 2.92. The molecular formula is C29H28FN3O6. The molecule has 0 aliphatic carbocycles. The van der Waals surface area contributed by atoms with Gasteiger partial charge >= 0.3 is 12.1 Å². The monoisotopic (exact) mass is 533 g/mol. The zero-order chi connectivity index (χ0) is 27.9. The average molecular weight is 534 g/mol. The molecule has 0 bridgehead atoms. The number of benzene rings is 3. The number of amides is 3. The number of ether oxygens (including phenoxy) is 1. The highest BCUT2D eigenvalue weighted by Crippen LogP contribution is 2.24. The second kappa shape index (κ2) is 12.2. The van der Waals surface area contributed by atoms with E-state index in [2.05, 4.69) is 5.32 Å². The van der Waals surface area contributed by atoms with Crippen LogP contribution in [0, 0.1) is 12.7 Å². The first-order chi connectivity index (χ1) is 18.7. The van der Waals surface area contributed by atoms with E-state index in [0.29, 0.717) is 12.0 Å². The molecule has 0 saturated carbocycles. The second-order valence-corrected chi connectivity index (χ2v) is 9.18. The molecule has 4 rings (SSSR count). The molecule has 1 aliphatic rings. The van der Waals surface area contributed by atoms with Crippen LogP contribution in [0.1, 0.15) is 40.4 Å². The number of carboxylic acids is 1. The van der Waals surface area contributed by atoms with Crippen molar-refractivity contribution in [3.05, 3.63) is 101 Å². The van der Waals surface area contributed by atoms with Crippen molar-refractivity contribution in [3.8, 4) is 5.75 Å². The summed E-state index contributed by atoms with van der Waals surface area (Å²) >= 11 is 0. The number of carboxylic acid groups (broad SMARTS) is 1. The minimum atomic E-state index is -1.47. The van der Waals surface area contributed by atoms with Crippen molar-refractivity contribution in [2.75, 3.05) is 13.1 Å². The topological polar surface area (TPSA) is 116 Å². The summed E-state index contributed by atoms with van der Waals surface area (Å²) in [7, 11) is 0. The summed E-state index contributed by atoms with van der Waals surface area (Å²) in [4.78, 5) is 54.5. The van der Waals surface area contributed by atoms with E-state index in [-0.39, 0.29) is 24.4 Å². The van der Waals surface area contributed by atoms with Gasteiger partial charge in [0.05, 0.1) is 12.5 Å². The van der Waals surface area contributed by atoms with Crippen molar-refractivity contribution in [3.63, 3.8) is 0 Å². The number of para-hydroxylation sites is 1. The third-order valence-corrected chi connectivity index (χ3v) is 6.28. The van der Waals surface area contributed by atoms with Crippen LogP contribution in [0.25, 0.3) is 0 Å². The number of aryl methyl sites for hydroxylation is 1. The number of hydrogen-bond donors (Lipinski definition) is 2. The largest absolute Gasteiger partial charge is 0.481 e. The Morgan fingerprint density at radius 2 is 1.69 bits per heavy atom. The van der Waals surface area contributed by atoms with Crippen LogP contribution >= 0.6 is 0 Å². The Bertz CT molecular complexity index is 1370. The third kappa shape index (κ3) is 6.78. The van der Waals surface area contributed by atoms with E-state index < -0.39 is 48.3 Å². The molecular weight excluding hydrogens is 505 g/mol. The number of halogens is 1. The molecule has 0 spiro atoms. The molecule has 39 heavy (non-hydrogen) atoms. The standard InChI is InChI=1S/C29H28FN3O6/c1-19-8-5-9-20(16-19)24(18-25(34)35)31-26(36)27-32(28(37)21-10-6-11-22(30)17-21)14-7-15-33(27)29(38)39-23-12-3-2-4-13-23/h2-6,8-13,16-17,24,27H,7,14-15,18H2,1H3,(H,31,36)(H,34,35). The van der Waals surface area contributed by atoms with Gasteiger partial charge in [0.25, 0.3) is 11.8 Å². The molecule has 1 heterocycles. The van der Waals surface area contributed by atoms with Gasteiger partial charge in [0, 0.05) is 18.7 Å². The highest BCUT2D eigenvalue weighted by Gasteiger charge is 2.42. The van der Waals surface area contributed by atoms with Gasteiger partial charge in [-0.15, -0.1) is 0 Å². The van der Waals surface area contributed by atoms with E-state index in [9.17, 15) is 28.7 Å². The van der Waals surface area contributed by atoms with Crippen molar-refractivity contribution in [2.24, 2.45) is 0 Å². The van der Waals surface area contributed by atoms with Gasteiger partial charge in [-0.05, 0) is 49.2 Å². The molecule has 3 aromatic rings. The van der Waals surface area contributed by atoms with Gasteiger partial charge in [0.15, 0.2) is 6.17 Å². The Morgan fingerprint density at radius 3 is 2.38 bits per heavy atom. The number of rotatable bonds is 7. The van der Waals surface area contributed by atoms with E-state index in [1.54, 1.807) is 48.5 Å². The molecule has 2 N–H and O–H groups in total. The maximum Gasteiger partial charge on any atom is 0.417 e. The molecule has 3 amide bonds. The highest BCUT2D eigenvalue weighted by atomic mass is 19.1. The van der Waals surface area contributed by atoms with Crippen LogP contribution in [-0.4, -0.2) is 58.0 Å². The lowest BCUT2D eigenvalue weighted by atomic mass is 10.0. The number of hydrogen-bond acceptors (Lipinski definition) is 5. The lowest BCUT2D eigenvalue weighted by molar-refractivity contribution is -0.138. The number of aliphatic carboxylic acids is 1. The SMILES string of the molecule is Cc1cccc(C(CC(=O)O)NC(=O)C2N(C(=O)Oc3ccccc3)CCCN2C(=O)c2cccc(F)c2)c1. The van der Waals surface area contributed by atoms with E-state index in [1.165, 1.54) is 23.1 Å². The van der Waals surface area contributed by atoms with Gasteiger partial charge in [0.2, 0.25) is 0 Å². The molecule has 1 saturated heterocycles. The lowest BCUT2D eigenvalue weighted by Crippen LogP contribution is -2.64. The third-order valence-electron chi connectivity index (χ3n) is 6.28. The summed E-state index contributed by atoms with van der Waals surface area (Å²) in [6.45, 7) is 2.05. The van der Waals surface area contributed by atoms with Crippen LogP contribution in [0.15, 0.2) is 78.9 Å². The molecule has 202 valence electrons. The summed E-state index contributed by atoms with van der Waals surface area (Å²) in [5.41, 5.74) is 1.43. The molecule has 1 fully saturated rings. The molecule has 3 aromatic carbocycles. The van der Waals surface area contributed by atoms with Gasteiger partial charge in [-0.2, -0.15) is 0 Å². The van der Waals surface area contributed by atoms with Gasteiger partial charge in [0.1, 0.15) is 11.6 Å². The van der Waals surface area contributed by atoms with Crippen LogP contribution in [0.2, 0.25) is 0 Å². The van der Waals surface area contributed by atoms with Crippen LogP contribution in [0.5, 0.6) is 5.75 Å². The van der Waals surface area contributed by atoms with E-state index in [1.807, 2.05) is 13.0 Å². The van der Waals surface area contributed by atoms with Crippen molar-refractivity contribution in [1.29, 1.82) is 0 Å². The van der Waals surface area contributed by atoms with Crippen LogP contribution in [-0.2, 0) is 9.59 Å². The maximum absolute atomic E-state index is 13.9. The summed E-state index contributed by atoms with van der Waals surface area (Å²) in [6, 6.07) is 19.4. The quantitative estimate of drug-likeness (QED) is 0.472. The van der Waals surface area contributed by atoms with E-state index in [0.717, 1.165) is 16.5 Å². The predicted octanol–water partition coefficient (Wildman–Crippen LogP) is 4.14. The predicted molar refractivity (Wildman–Crippen MR) is 139 cm³/mol. The summed E-state index contributed by atoms with van der Waals surface area (Å²) in [6.07, 6.45) is -2.41. The highest BCUT2D eigenvalue weighted by molar-refractivity contribution is 5.98. The number of carbonyl (C=O) groups is 4. The fourth-order valence-electron chi connectivity index (χ4n) is 4.51. The fraction of sp³-hybridized carbons (Fsp3) is 0.241. The van der Waals surface area contributed by atoms with Crippen molar-refractivity contribution < 1.29 is 33.4 Å². The molecule has 0 radical (unpaired) electrons. The lowest BCUT2D eigenvalue weighted by Gasteiger charge is -2.42. The summed E-state index contributed by atoms with van der Waals surface area (Å²) in [5, 5.41) is 12.2. The first-order valence-corrected chi connectivity index (χ1v) is 12.4. The molecule has 2 atom stereocenters. The molecule has 0 aromatic heterocycles. The summed E-state index contributed by atoms with van der Waals surface area (Å²) < 4.78 is 19.4. The van der Waals surface area contributed by atoms with Crippen molar-refractivity contribution in [1.82, 2.24) is 15.1 Å². The second-order valence-electron chi connectivity index (χ2n) is 9.18. The first kappa shape index (κ1) is 27.3. The zero-order valence-electron chi connectivity index (χ0n) is 21.2. The summed E-state index contributed by atoms with van der Waals surface area (Å²) in [5.74, 6) is -2.94. The van der Waals surface area contributed by atoms with Crippen molar-refractivity contribution in [2.45, 2.75) is 32.0 Å². The van der Waals surface area contributed by atoms with Gasteiger partial charge in [-0.25, -0.2) is 9.18 Å². The van der Waals surface area contributed by atoms with Crippen molar-refractivity contribution >= 4 is 23.9 Å². The van der Waals surface area contributed by atoms with Crippen LogP contribution < -0.4 is 10.1 Å². The number of nitrogens with one attached hydrogen (secondary N) is 1. The zero-order valence-corrected chi connectivity index (χ0v) is 21.2. The normalized spacial score (nSPS) is 15.8. The molecule has 9 nitrogen and oxygen atoms in total. The number of nitrogens with zero attached hydrogens (tertiary/aromatic N) is 2. The Balaban J connectivity index is 1.68. The fourth-order valence-corrected chi connectivity index (χ4v) is 4.51. The Morgan fingerprint density at radius 1 is 0.974 bits per heavy atom. The molecule has 2 unspecified atom stereocenters. The Hall–Kier alpha value is -4.73. The smallest absolute Gasteiger partial charge is 0.417 e. The number of carbonyl (C=O) groups excluding carboxylic acids is 3. The van der Waals surface area contributed by atoms with E-state index in [4.69, 9.17) is 4.74 Å². The van der Waals surface area contributed by atoms with Gasteiger partial charge in [-0.3, -0.25) is 19.3 Å². The Labute approximate surface area is 224 Å². The van der Waals surface area contributed by atoms with Crippen LogP contribution in [0.4, 0.5) is 9.18 Å². The van der Waals surface area contributed by atoms with Gasteiger partial charge < -0.3 is 20.1 Å². The minimum absolute atomic E-state index is 0.00634. The Kier molecular flexibility index (Phi) is 8.55. The van der Waals surface area contributed by atoms with Gasteiger partial charge in [-0.1, -0.05) is 54.1 Å². The molecule has 1 aliphatic heterocycles. The maximum atomic E-state index is 13.9. The van der Waals surface area contributed by atoms with E-state index >= 15 is 0 Å². The first-order valence-electron chi connectivity index (χ1n) is 12.4. The minimum Gasteiger partial charge on any atom is -0.481 e. The van der Waals surface area contributed by atoms with Crippen LogP contribution in [0.3, 0.4) is 0 Å². The molecule has 10 heteroatoms.